The molecule has 1 fully saturated rings. The van der Waals surface area contributed by atoms with Gasteiger partial charge in [-0.1, -0.05) is 15.9 Å². The van der Waals surface area contributed by atoms with E-state index in [1.165, 1.54) is 12.1 Å². The molecule has 128 valence electrons. The molecule has 0 bridgehead atoms. The van der Waals surface area contributed by atoms with E-state index in [9.17, 15) is 13.6 Å². The van der Waals surface area contributed by atoms with E-state index in [0.29, 0.717) is 11.0 Å². The van der Waals surface area contributed by atoms with Gasteiger partial charge in [-0.25, -0.2) is 13.6 Å². The number of halogens is 3. The number of ether oxygens (including phenoxy) is 1. The van der Waals surface area contributed by atoms with Crippen molar-refractivity contribution in [2.75, 3.05) is 18.4 Å². The predicted octanol–water partition coefficient (Wildman–Crippen LogP) is 4.54. The first kappa shape index (κ1) is 18.0. The number of carbonyl (C=O) groups excluding carboxylic acids is 1. The molecule has 0 spiro atoms. The molecule has 1 amide bonds. The number of hydrogen-bond donors (Lipinski definition) is 1. The topological polar surface area (TPSA) is 41.6 Å². The van der Waals surface area contributed by atoms with Crippen molar-refractivity contribution in [1.29, 1.82) is 0 Å². The van der Waals surface area contributed by atoms with Crippen molar-refractivity contribution in [3.63, 3.8) is 0 Å². The number of amides is 1. The first-order valence-corrected chi connectivity index (χ1v) is 8.35. The van der Waals surface area contributed by atoms with Gasteiger partial charge in [-0.05, 0) is 45.7 Å². The molecule has 0 aliphatic carbocycles. The number of nitrogens with zero attached hydrogens (tertiary/aromatic N) is 1. The van der Waals surface area contributed by atoms with Crippen LogP contribution < -0.4 is 5.32 Å². The minimum absolute atomic E-state index is 0.146. The lowest BCUT2D eigenvalue weighted by Gasteiger charge is -2.29. The van der Waals surface area contributed by atoms with Crippen molar-refractivity contribution >= 4 is 27.7 Å². The minimum Gasteiger partial charge on any atom is -0.444 e. The first-order chi connectivity index (χ1) is 10.7. The second-order valence-corrected chi connectivity index (χ2v) is 7.51. The highest BCUT2D eigenvalue weighted by Gasteiger charge is 2.32. The van der Waals surface area contributed by atoms with E-state index >= 15 is 0 Å². The number of nitrogens with one attached hydrogen (secondary N) is 1. The van der Waals surface area contributed by atoms with E-state index in [1.807, 2.05) is 0 Å². The number of rotatable bonds is 3. The zero-order chi connectivity index (χ0) is 17.2. The Morgan fingerprint density at radius 3 is 2.57 bits per heavy atom. The molecule has 7 heteroatoms. The summed E-state index contributed by atoms with van der Waals surface area (Å²) in [7, 11) is 0. The van der Waals surface area contributed by atoms with Gasteiger partial charge in [0.1, 0.15) is 22.9 Å². The summed E-state index contributed by atoms with van der Waals surface area (Å²) in [5, 5.41) is 2.78. The fraction of sp³-hybridized carbons (Fsp3) is 0.562. The Kier molecular flexibility index (Phi) is 5.49. The van der Waals surface area contributed by atoms with Crippen molar-refractivity contribution in [2.24, 2.45) is 0 Å². The van der Waals surface area contributed by atoms with Gasteiger partial charge in [0.2, 0.25) is 0 Å². The monoisotopic (exact) mass is 390 g/mol. The van der Waals surface area contributed by atoms with Gasteiger partial charge in [0.25, 0.3) is 0 Å². The van der Waals surface area contributed by atoms with Crippen molar-refractivity contribution in [3.05, 3.63) is 28.2 Å². The SMILES string of the molecule is CC(C)(C)OC(=O)N1CCCC1CNc1c(F)cc(Br)cc1F. The van der Waals surface area contributed by atoms with Crippen LogP contribution in [-0.4, -0.2) is 35.7 Å². The predicted molar refractivity (Wildman–Crippen MR) is 88.5 cm³/mol. The van der Waals surface area contributed by atoms with Crippen molar-refractivity contribution in [1.82, 2.24) is 4.90 Å². The standard InChI is InChI=1S/C16H21BrF2N2O2/c1-16(2,3)23-15(22)21-6-4-5-11(21)9-20-14-12(18)7-10(17)8-13(14)19/h7-8,11,20H,4-6,9H2,1-3H3. The van der Waals surface area contributed by atoms with Crippen molar-refractivity contribution in [3.8, 4) is 0 Å². The van der Waals surface area contributed by atoms with Crippen LogP contribution in [-0.2, 0) is 4.74 Å². The molecule has 4 nitrogen and oxygen atoms in total. The molecule has 1 heterocycles. The Balaban J connectivity index is 2.01. The molecule has 0 aromatic heterocycles. The van der Waals surface area contributed by atoms with Crippen LogP contribution in [0.25, 0.3) is 0 Å². The van der Waals surface area contributed by atoms with Crippen LogP contribution >= 0.6 is 15.9 Å². The lowest BCUT2D eigenvalue weighted by atomic mass is 10.2. The molecule has 1 aromatic carbocycles. The molecule has 1 aliphatic heterocycles. The molecule has 1 N–H and O–H groups in total. The summed E-state index contributed by atoms with van der Waals surface area (Å²) >= 11 is 3.04. The smallest absolute Gasteiger partial charge is 0.410 e. The van der Waals surface area contributed by atoms with E-state index < -0.39 is 23.3 Å². The van der Waals surface area contributed by atoms with Gasteiger partial charge in [-0.15, -0.1) is 0 Å². The van der Waals surface area contributed by atoms with Crippen LogP contribution in [0.5, 0.6) is 0 Å². The maximum absolute atomic E-state index is 13.8. The highest BCUT2D eigenvalue weighted by molar-refractivity contribution is 9.10. The zero-order valence-electron chi connectivity index (χ0n) is 13.5. The van der Waals surface area contributed by atoms with E-state index in [-0.39, 0.29) is 18.3 Å². The molecule has 1 unspecified atom stereocenters. The van der Waals surface area contributed by atoms with Crippen LogP contribution in [0.15, 0.2) is 16.6 Å². The highest BCUT2D eigenvalue weighted by Crippen LogP contribution is 2.26. The minimum atomic E-state index is -0.668. The van der Waals surface area contributed by atoms with Crippen LogP contribution in [0.3, 0.4) is 0 Å². The fourth-order valence-corrected chi connectivity index (χ4v) is 2.94. The quantitative estimate of drug-likeness (QED) is 0.823. The molecule has 0 radical (unpaired) electrons. The Morgan fingerprint density at radius 2 is 2.00 bits per heavy atom. The largest absolute Gasteiger partial charge is 0.444 e. The molecule has 1 aromatic rings. The maximum Gasteiger partial charge on any atom is 0.410 e. The van der Waals surface area contributed by atoms with Gasteiger partial charge in [-0.3, -0.25) is 0 Å². The van der Waals surface area contributed by atoms with Gasteiger partial charge in [0.15, 0.2) is 0 Å². The number of benzene rings is 1. The first-order valence-electron chi connectivity index (χ1n) is 7.55. The van der Waals surface area contributed by atoms with E-state index in [0.717, 1.165) is 12.8 Å². The van der Waals surface area contributed by atoms with Gasteiger partial charge in [0.05, 0.1) is 6.04 Å². The van der Waals surface area contributed by atoms with Crippen LogP contribution in [0.4, 0.5) is 19.3 Å². The van der Waals surface area contributed by atoms with Crippen LogP contribution in [0.1, 0.15) is 33.6 Å². The third kappa shape index (κ3) is 4.80. The summed E-state index contributed by atoms with van der Waals surface area (Å²) < 4.78 is 33.4. The Labute approximate surface area is 143 Å². The van der Waals surface area contributed by atoms with Gasteiger partial charge >= 0.3 is 6.09 Å². The van der Waals surface area contributed by atoms with E-state index in [4.69, 9.17) is 4.74 Å². The van der Waals surface area contributed by atoms with Gasteiger partial charge in [0, 0.05) is 17.6 Å². The number of likely N-dealkylation sites (tertiary alicyclic amines) is 1. The van der Waals surface area contributed by atoms with E-state index in [1.54, 1.807) is 25.7 Å². The molecule has 1 atom stereocenters. The number of hydrogen-bond acceptors (Lipinski definition) is 3. The molecule has 1 saturated heterocycles. The molecular formula is C16H21BrF2N2O2. The van der Waals surface area contributed by atoms with Crippen molar-refractivity contribution < 1.29 is 18.3 Å². The third-order valence-corrected chi connectivity index (χ3v) is 3.98. The highest BCUT2D eigenvalue weighted by atomic mass is 79.9. The molecule has 1 aliphatic rings. The Hall–Kier alpha value is -1.37. The van der Waals surface area contributed by atoms with Crippen LogP contribution in [0.2, 0.25) is 0 Å². The Morgan fingerprint density at radius 1 is 1.39 bits per heavy atom. The number of anilines is 1. The third-order valence-electron chi connectivity index (χ3n) is 3.53. The normalized spacial score (nSPS) is 18.2. The average Bonchev–Trinajstić information content (AvgIpc) is 2.83. The van der Waals surface area contributed by atoms with Crippen LogP contribution in [0, 0.1) is 11.6 Å². The maximum atomic E-state index is 13.8. The summed E-state index contributed by atoms with van der Waals surface area (Å²) in [6.45, 7) is 6.28. The average molecular weight is 391 g/mol. The Bertz CT molecular complexity index is 567. The van der Waals surface area contributed by atoms with Gasteiger partial charge in [-0.2, -0.15) is 0 Å². The fourth-order valence-electron chi connectivity index (χ4n) is 2.54. The number of carbonyl (C=O) groups is 1. The summed E-state index contributed by atoms with van der Waals surface area (Å²) in [6.07, 6.45) is 1.22. The summed E-state index contributed by atoms with van der Waals surface area (Å²) in [4.78, 5) is 13.8. The van der Waals surface area contributed by atoms with E-state index in [2.05, 4.69) is 21.2 Å². The zero-order valence-corrected chi connectivity index (χ0v) is 15.0. The lowest BCUT2D eigenvalue weighted by molar-refractivity contribution is 0.0235. The summed E-state index contributed by atoms with van der Waals surface area (Å²) in [5.41, 5.74) is -0.745. The second kappa shape index (κ2) is 7.03. The van der Waals surface area contributed by atoms with Gasteiger partial charge < -0.3 is 15.0 Å². The van der Waals surface area contributed by atoms with Crippen molar-refractivity contribution in [2.45, 2.75) is 45.3 Å². The summed E-state index contributed by atoms with van der Waals surface area (Å²) in [6, 6.07) is 2.25. The molecule has 0 saturated carbocycles. The summed E-state index contributed by atoms with van der Waals surface area (Å²) in [5.74, 6) is -1.34. The molecular weight excluding hydrogens is 370 g/mol. The molecule has 2 rings (SSSR count). The molecule has 23 heavy (non-hydrogen) atoms. The lowest BCUT2D eigenvalue weighted by Crippen LogP contribution is -2.42. The second-order valence-electron chi connectivity index (χ2n) is 6.60.